The number of ether oxygens (including phenoxy) is 1. The molecule has 0 unspecified atom stereocenters. The molecule has 45 heavy (non-hydrogen) atoms. The molecular formula is C34H44ClN9O. The Morgan fingerprint density at radius 2 is 1.71 bits per heavy atom. The minimum atomic E-state index is 0.436. The Morgan fingerprint density at radius 3 is 2.49 bits per heavy atom. The number of H-pyrrole nitrogens is 1. The van der Waals surface area contributed by atoms with E-state index in [2.05, 4.69) is 71.6 Å². The fourth-order valence-corrected chi connectivity index (χ4v) is 7.36. The molecule has 0 spiro atoms. The first kappa shape index (κ1) is 30.1. The maximum atomic E-state index is 6.49. The van der Waals surface area contributed by atoms with Crippen molar-refractivity contribution in [2.45, 2.75) is 57.0 Å². The zero-order chi connectivity index (χ0) is 30.8. The molecule has 2 aliphatic heterocycles. The lowest BCUT2D eigenvalue weighted by Gasteiger charge is -2.42. The Kier molecular flexibility index (Phi) is 8.96. The highest BCUT2D eigenvalue weighted by atomic mass is 35.5. The van der Waals surface area contributed by atoms with Gasteiger partial charge < -0.3 is 30.2 Å². The lowest BCUT2D eigenvalue weighted by Crippen LogP contribution is -2.52. The summed E-state index contributed by atoms with van der Waals surface area (Å²) in [5.41, 5.74) is 5.40. The van der Waals surface area contributed by atoms with Gasteiger partial charge in [0.25, 0.3) is 0 Å². The average Bonchev–Trinajstić information content (AvgIpc) is 3.49. The van der Waals surface area contributed by atoms with Gasteiger partial charge in [0.1, 0.15) is 28.1 Å². The van der Waals surface area contributed by atoms with Gasteiger partial charge >= 0.3 is 0 Å². The van der Waals surface area contributed by atoms with Crippen LogP contribution < -0.4 is 20.3 Å². The molecule has 3 aliphatic rings. The number of methoxy groups -OCH3 is 1. The van der Waals surface area contributed by atoms with E-state index in [9.17, 15) is 0 Å². The van der Waals surface area contributed by atoms with Crippen LogP contribution in [0.5, 0.6) is 5.75 Å². The van der Waals surface area contributed by atoms with Crippen LogP contribution in [0.15, 0.2) is 42.7 Å². The number of fused-ring (bicyclic) bond motifs is 1. The molecule has 1 aromatic carbocycles. The number of piperidine rings is 1. The number of anilines is 4. The minimum Gasteiger partial charge on any atom is -0.494 e. The van der Waals surface area contributed by atoms with Gasteiger partial charge in [-0.25, -0.2) is 15.0 Å². The van der Waals surface area contributed by atoms with Crippen molar-refractivity contribution in [1.82, 2.24) is 29.7 Å². The predicted octanol–water partition coefficient (Wildman–Crippen LogP) is 6.39. The van der Waals surface area contributed by atoms with Crippen LogP contribution >= 0.6 is 11.6 Å². The Labute approximate surface area is 270 Å². The second-order valence-corrected chi connectivity index (χ2v) is 13.2. The third kappa shape index (κ3) is 6.83. The van der Waals surface area contributed by atoms with Gasteiger partial charge in [0.05, 0.1) is 19.0 Å². The van der Waals surface area contributed by atoms with E-state index < -0.39 is 0 Å². The summed E-state index contributed by atoms with van der Waals surface area (Å²) in [6.07, 6.45) is 12.2. The maximum Gasteiger partial charge on any atom is 0.156 e. The number of pyridine rings is 1. The van der Waals surface area contributed by atoms with Gasteiger partial charge in [-0.2, -0.15) is 0 Å². The molecule has 10 nitrogen and oxygen atoms in total. The second-order valence-electron chi connectivity index (χ2n) is 12.8. The molecular weight excluding hydrogens is 586 g/mol. The van der Waals surface area contributed by atoms with E-state index in [4.69, 9.17) is 21.3 Å². The van der Waals surface area contributed by atoms with Crippen LogP contribution in [-0.2, 0) is 0 Å². The lowest BCUT2D eigenvalue weighted by atomic mass is 9.95. The van der Waals surface area contributed by atoms with Gasteiger partial charge in [0.15, 0.2) is 5.65 Å². The third-order valence-electron chi connectivity index (χ3n) is 9.77. The molecule has 238 valence electrons. The number of piperazine rings is 1. The van der Waals surface area contributed by atoms with Gasteiger partial charge in [0, 0.05) is 74.9 Å². The average molecular weight is 630 g/mol. The highest BCUT2D eigenvalue weighted by Gasteiger charge is 2.27. The number of hydrogen-bond acceptors (Lipinski definition) is 9. The van der Waals surface area contributed by atoms with E-state index in [1.807, 2.05) is 12.3 Å². The molecule has 2 saturated heterocycles. The summed E-state index contributed by atoms with van der Waals surface area (Å²) in [5.74, 6) is 2.22. The van der Waals surface area contributed by atoms with Crippen molar-refractivity contribution in [2.24, 2.45) is 0 Å². The maximum absolute atomic E-state index is 6.49. The van der Waals surface area contributed by atoms with Crippen molar-refractivity contribution in [1.29, 1.82) is 0 Å². The molecule has 1 aliphatic carbocycles. The molecule has 3 N–H and O–H groups in total. The summed E-state index contributed by atoms with van der Waals surface area (Å²) >= 11 is 6.49. The standard InChI is InChI=1S/C34H44ClN9O/c1-42-14-16-44(17-15-42)25-10-12-43(13-11-25)26-8-9-28(29(20-26)45-2)39-32-22-37-34-33(41-32)27(21-36-34)23-18-30(35)40-31(19-23)38-24-6-4-3-5-7-24/h8-9,18-22,24-25H,3-7,10-17H2,1-2H3,(H,36,37)(H,38,40)(H,39,41). The number of hydrogen-bond donors (Lipinski definition) is 3. The van der Waals surface area contributed by atoms with E-state index >= 15 is 0 Å². The van der Waals surface area contributed by atoms with Gasteiger partial charge in [0.2, 0.25) is 0 Å². The molecule has 0 radical (unpaired) electrons. The summed E-state index contributed by atoms with van der Waals surface area (Å²) in [6.45, 7) is 6.83. The van der Waals surface area contributed by atoms with Gasteiger partial charge in [-0.3, -0.25) is 4.90 Å². The Hall–Kier alpha value is -3.60. The van der Waals surface area contributed by atoms with Crippen LogP contribution in [0, 0.1) is 0 Å². The summed E-state index contributed by atoms with van der Waals surface area (Å²) < 4.78 is 5.84. The molecule has 1 saturated carbocycles. The Balaban J connectivity index is 1.06. The summed E-state index contributed by atoms with van der Waals surface area (Å²) in [4.78, 5) is 25.0. The molecule has 0 atom stereocenters. The van der Waals surface area contributed by atoms with Crippen molar-refractivity contribution < 1.29 is 4.74 Å². The van der Waals surface area contributed by atoms with Gasteiger partial charge in [-0.1, -0.05) is 30.9 Å². The summed E-state index contributed by atoms with van der Waals surface area (Å²) in [6, 6.07) is 11.4. The van der Waals surface area contributed by atoms with Crippen molar-refractivity contribution in [3.05, 3.63) is 47.9 Å². The number of nitrogens with one attached hydrogen (secondary N) is 3. The van der Waals surface area contributed by atoms with Crippen molar-refractivity contribution in [2.75, 3.05) is 69.0 Å². The number of halogens is 1. The largest absolute Gasteiger partial charge is 0.494 e. The molecule has 3 fully saturated rings. The first-order valence-electron chi connectivity index (χ1n) is 16.4. The van der Waals surface area contributed by atoms with Gasteiger partial charge in [-0.05, 0) is 62.6 Å². The highest BCUT2D eigenvalue weighted by molar-refractivity contribution is 6.29. The fraction of sp³-hybridized carbons (Fsp3) is 0.500. The minimum absolute atomic E-state index is 0.436. The van der Waals surface area contributed by atoms with Crippen LogP contribution in [0.3, 0.4) is 0 Å². The number of benzene rings is 1. The van der Waals surface area contributed by atoms with Crippen LogP contribution in [-0.4, -0.2) is 95.2 Å². The number of rotatable bonds is 8. The van der Waals surface area contributed by atoms with Crippen molar-refractivity contribution in [3.63, 3.8) is 0 Å². The normalized spacial score (nSPS) is 19.2. The second kappa shape index (κ2) is 13.4. The van der Waals surface area contributed by atoms with E-state index in [-0.39, 0.29) is 0 Å². The first-order chi connectivity index (χ1) is 22.0. The van der Waals surface area contributed by atoms with Crippen LogP contribution in [0.2, 0.25) is 5.15 Å². The molecule has 7 rings (SSSR count). The summed E-state index contributed by atoms with van der Waals surface area (Å²) in [5, 5.41) is 7.51. The Bertz CT molecular complexity index is 1600. The number of aromatic nitrogens is 4. The quantitative estimate of drug-likeness (QED) is 0.192. The van der Waals surface area contributed by atoms with E-state index in [1.165, 1.54) is 64.0 Å². The molecule has 0 amide bonds. The first-order valence-corrected chi connectivity index (χ1v) is 16.8. The molecule has 11 heteroatoms. The molecule has 0 bridgehead atoms. The molecule has 4 aromatic rings. The zero-order valence-corrected chi connectivity index (χ0v) is 27.1. The van der Waals surface area contributed by atoms with Crippen LogP contribution in [0.25, 0.3) is 22.3 Å². The molecule has 3 aromatic heterocycles. The topological polar surface area (TPSA) is 97.5 Å². The van der Waals surface area contributed by atoms with Crippen LogP contribution in [0.1, 0.15) is 44.9 Å². The third-order valence-corrected chi connectivity index (χ3v) is 9.97. The summed E-state index contributed by atoms with van der Waals surface area (Å²) in [7, 11) is 3.94. The van der Waals surface area contributed by atoms with Crippen molar-refractivity contribution >= 4 is 45.8 Å². The smallest absolute Gasteiger partial charge is 0.156 e. The zero-order valence-electron chi connectivity index (χ0n) is 26.4. The number of likely N-dealkylation sites (N-methyl/N-ethyl adjacent to an activating group) is 1. The fourth-order valence-electron chi connectivity index (χ4n) is 7.15. The van der Waals surface area contributed by atoms with E-state index in [1.54, 1.807) is 13.3 Å². The number of aromatic amines is 1. The lowest BCUT2D eigenvalue weighted by molar-refractivity contribution is 0.0982. The van der Waals surface area contributed by atoms with Crippen LogP contribution in [0.4, 0.5) is 23.0 Å². The van der Waals surface area contributed by atoms with E-state index in [0.717, 1.165) is 59.8 Å². The van der Waals surface area contributed by atoms with Crippen molar-refractivity contribution in [3.8, 4) is 16.9 Å². The number of nitrogens with zero attached hydrogens (tertiary/aromatic N) is 6. The monoisotopic (exact) mass is 629 g/mol. The SMILES string of the molecule is COc1cc(N2CCC(N3CCN(C)CC3)CC2)ccc1Nc1cnc2[nH]cc(-c3cc(Cl)nc(NC4CCCCC4)c3)c2n1. The van der Waals surface area contributed by atoms with E-state index in [0.29, 0.717) is 28.7 Å². The predicted molar refractivity (Wildman–Crippen MR) is 183 cm³/mol. The molecule has 5 heterocycles. The Morgan fingerprint density at radius 1 is 0.911 bits per heavy atom. The van der Waals surface area contributed by atoms with Gasteiger partial charge in [-0.15, -0.1) is 0 Å². The highest BCUT2D eigenvalue weighted by Crippen LogP contribution is 2.35.